The van der Waals surface area contributed by atoms with E-state index in [0.717, 1.165) is 6.42 Å². The molecular formula is C12H16N2O. The van der Waals surface area contributed by atoms with Crippen molar-refractivity contribution in [2.75, 3.05) is 0 Å². The Morgan fingerprint density at radius 2 is 2.13 bits per heavy atom. The molecule has 0 saturated carbocycles. The van der Waals surface area contributed by atoms with E-state index in [1.54, 1.807) is 12.1 Å². The molecule has 15 heavy (non-hydrogen) atoms. The van der Waals surface area contributed by atoms with Gasteiger partial charge in [-0.3, -0.25) is 0 Å². The van der Waals surface area contributed by atoms with Crippen molar-refractivity contribution in [1.29, 1.82) is 5.26 Å². The van der Waals surface area contributed by atoms with Gasteiger partial charge in [0, 0.05) is 12.3 Å². The van der Waals surface area contributed by atoms with Crippen LogP contribution in [0.1, 0.15) is 32.8 Å². The highest BCUT2D eigenvalue weighted by molar-refractivity contribution is 5.28. The highest BCUT2D eigenvalue weighted by atomic mass is 16.5. The Labute approximate surface area is 90.7 Å². The molecule has 0 aliphatic carbocycles. The number of nitrogens with zero attached hydrogens (tertiary/aromatic N) is 2. The van der Waals surface area contributed by atoms with Gasteiger partial charge in [0.2, 0.25) is 5.88 Å². The van der Waals surface area contributed by atoms with Crippen LogP contribution >= 0.6 is 0 Å². The molecule has 3 nitrogen and oxygen atoms in total. The minimum Gasteiger partial charge on any atom is -0.475 e. The zero-order valence-electron chi connectivity index (χ0n) is 9.40. The Bertz CT molecular complexity index is 338. The van der Waals surface area contributed by atoms with Crippen LogP contribution in [0.3, 0.4) is 0 Å². The van der Waals surface area contributed by atoms with Gasteiger partial charge in [-0.15, -0.1) is 0 Å². The summed E-state index contributed by atoms with van der Waals surface area (Å²) in [6.45, 7) is 6.35. The molecule has 1 aromatic rings. The Kier molecular flexibility index (Phi) is 4.11. The molecule has 80 valence electrons. The van der Waals surface area contributed by atoms with Crippen LogP contribution in [-0.4, -0.2) is 11.1 Å². The summed E-state index contributed by atoms with van der Waals surface area (Å²) in [5.41, 5.74) is 0.555. The van der Waals surface area contributed by atoms with Crippen molar-refractivity contribution in [3.63, 3.8) is 0 Å². The molecule has 0 spiro atoms. The minimum atomic E-state index is 0.158. The number of rotatable bonds is 4. The summed E-state index contributed by atoms with van der Waals surface area (Å²) in [4.78, 5) is 4.05. The lowest BCUT2D eigenvalue weighted by Gasteiger charge is -2.15. The maximum atomic E-state index is 8.60. The van der Waals surface area contributed by atoms with Crippen LogP contribution in [0.5, 0.6) is 5.88 Å². The summed E-state index contributed by atoms with van der Waals surface area (Å²) in [6.07, 6.45) is 2.68. The third-order valence-electron chi connectivity index (χ3n) is 1.99. The molecule has 0 saturated heterocycles. The average molecular weight is 204 g/mol. The van der Waals surface area contributed by atoms with Gasteiger partial charge in [-0.25, -0.2) is 4.98 Å². The van der Waals surface area contributed by atoms with E-state index < -0.39 is 0 Å². The van der Waals surface area contributed by atoms with E-state index in [-0.39, 0.29) is 6.10 Å². The van der Waals surface area contributed by atoms with E-state index in [1.807, 2.05) is 13.0 Å². The number of aromatic nitrogens is 1. The van der Waals surface area contributed by atoms with E-state index >= 15 is 0 Å². The van der Waals surface area contributed by atoms with Gasteiger partial charge in [-0.2, -0.15) is 5.26 Å². The van der Waals surface area contributed by atoms with E-state index in [9.17, 15) is 0 Å². The second-order valence-corrected chi connectivity index (χ2v) is 4.05. The molecule has 0 aliphatic rings. The number of hydrogen-bond acceptors (Lipinski definition) is 3. The fourth-order valence-corrected chi connectivity index (χ4v) is 1.43. The molecule has 1 atom stereocenters. The van der Waals surface area contributed by atoms with Crippen LogP contribution in [0.15, 0.2) is 18.3 Å². The van der Waals surface area contributed by atoms with Crippen molar-refractivity contribution in [3.8, 4) is 11.9 Å². The van der Waals surface area contributed by atoms with Crippen LogP contribution < -0.4 is 4.74 Å². The number of hydrogen-bond donors (Lipinski definition) is 0. The van der Waals surface area contributed by atoms with Gasteiger partial charge in [0.05, 0.1) is 11.7 Å². The highest BCUT2D eigenvalue weighted by Gasteiger charge is 2.07. The molecule has 1 heterocycles. The summed E-state index contributed by atoms with van der Waals surface area (Å²) in [6, 6.07) is 5.47. The van der Waals surface area contributed by atoms with Gasteiger partial charge in [0.15, 0.2) is 0 Å². The zero-order valence-corrected chi connectivity index (χ0v) is 9.40. The van der Waals surface area contributed by atoms with Crippen LogP contribution in [0, 0.1) is 17.2 Å². The molecule has 0 radical (unpaired) electrons. The minimum absolute atomic E-state index is 0.158. The summed E-state index contributed by atoms with van der Waals surface area (Å²) < 4.78 is 5.60. The molecule has 0 amide bonds. The van der Waals surface area contributed by atoms with Crippen molar-refractivity contribution in [1.82, 2.24) is 4.98 Å². The van der Waals surface area contributed by atoms with Crippen LogP contribution in [0.25, 0.3) is 0 Å². The topological polar surface area (TPSA) is 45.9 Å². The second kappa shape index (κ2) is 5.35. The lowest BCUT2D eigenvalue weighted by atomic mass is 10.1. The molecule has 0 aromatic carbocycles. The van der Waals surface area contributed by atoms with E-state index in [2.05, 4.69) is 18.8 Å². The summed E-state index contributed by atoms with van der Waals surface area (Å²) in [7, 11) is 0. The molecular weight excluding hydrogens is 188 g/mol. The molecule has 0 aliphatic heterocycles. The first-order valence-corrected chi connectivity index (χ1v) is 5.14. The van der Waals surface area contributed by atoms with Crippen molar-refractivity contribution in [2.24, 2.45) is 5.92 Å². The van der Waals surface area contributed by atoms with Gasteiger partial charge in [0.25, 0.3) is 0 Å². The molecule has 3 heteroatoms. The van der Waals surface area contributed by atoms with Crippen LogP contribution in [0.4, 0.5) is 0 Å². The fourth-order valence-electron chi connectivity index (χ4n) is 1.43. The Hall–Kier alpha value is -1.56. The van der Waals surface area contributed by atoms with E-state index in [1.165, 1.54) is 6.20 Å². The normalized spacial score (nSPS) is 12.2. The standard InChI is InChI=1S/C12H16N2O/c1-9(2)6-10(3)15-12-5-4-11(7-13)8-14-12/h4-5,8-10H,6H2,1-3H3. The van der Waals surface area contributed by atoms with Crippen LogP contribution in [-0.2, 0) is 0 Å². The second-order valence-electron chi connectivity index (χ2n) is 4.05. The maximum Gasteiger partial charge on any atom is 0.213 e. The molecule has 0 bridgehead atoms. The van der Waals surface area contributed by atoms with Crippen molar-refractivity contribution < 1.29 is 4.74 Å². The Balaban J connectivity index is 2.54. The van der Waals surface area contributed by atoms with Crippen LogP contribution in [0.2, 0.25) is 0 Å². The van der Waals surface area contributed by atoms with Crippen molar-refractivity contribution in [2.45, 2.75) is 33.3 Å². The van der Waals surface area contributed by atoms with Gasteiger partial charge in [0.1, 0.15) is 6.07 Å². The van der Waals surface area contributed by atoms with Gasteiger partial charge < -0.3 is 4.74 Å². The Morgan fingerprint density at radius 3 is 2.60 bits per heavy atom. The first-order valence-electron chi connectivity index (χ1n) is 5.14. The lowest BCUT2D eigenvalue weighted by molar-refractivity contribution is 0.185. The molecule has 1 unspecified atom stereocenters. The number of nitriles is 1. The predicted octanol–water partition coefficient (Wildman–Crippen LogP) is 2.77. The largest absolute Gasteiger partial charge is 0.475 e. The molecule has 0 fully saturated rings. The quantitative estimate of drug-likeness (QED) is 0.757. The van der Waals surface area contributed by atoms with Gasteiger partial charge in [-0.05, 0) is 25.3 Å². The maximum absolute atomic E-state index is 8.60. The highest BCUT2D eigenvalue weighted by Crippen LogP contribution is 2.13. The third-order valence-corrected chi connectivity index (χ3v) is 1.99. The summed E-state index contributed by atoms with van der Waals surface area (Å²) in [5.74, 6) is 1.19. The molecule has 0 N–H and O–H groups in total. The monoisotopic (exact) mass is 204 g/mol. The smallest absolute Gasteiger partial charge is 0.213 e. The molecule has 1 aromatic heterocycles. The van der Waals surface area contributed by atoms with Gasteiger partial charge >= 0.3 is 0 Å². The first-order chi connectivity index (χ1) is 7.11. The van der Waals surface area contributed by atoms with Crippen molar-refractivity contribution in [3.05, 3.63) is 23.9 Å². The average Bonchev–Trinajstić information content (AvgIpc) is 2.17. The predicted molar refractivity (Wildman–Crippen MR) is 58.5 cm³/mol. The van der Waals surface area contributed by atoms with Crippen molar-refractivity contribution >= 4 is 0 Å². The number of pyridine rings is 1. The zero-order chi connectivity index (χ0) is 11.3. The lowest BCUT2D eigenvalue weighted by Crippen LogP contribution is -2.15. The number of ether oxygens (including phenoxy) is 1. The third kappa shape index (κ3) is 3.99. The first kappa shape index (κ1) is 11.5. The molecule has 1 rings (SSSR count). The summed E-state index contributed by atoms with van der Waals surface area (Å²) >= 11 is 0. The van der Waals surface area contributed by atoms with E-state index in [4.69, 9.17) is 10.00 Å². The summed E-state index contributed by atoms with van der Waals surface area (Å²) in [5, 5.41) is 8.60. The van der Waals surface area contributed by atoms with Gasteiger partial charge in [-0.1, -0.05) is 13.8 Å². The SMILES string of the molecule is CC(C)CC(C)Oc1ccc(C#N)cn1. The fraction of sp³-hybridized carbons (Fsp3) is 0.500. The van der Waals surface area contributed by atoms with E-state index in [0.29, 0.717) is 17.4 Å². The Morgan fingerprint density at radius 1 is 1.40 bits per heavy atom.